The molecular weight excluding hydrogens is 367 g/mol. The summed E-state index contributed by atoms with van der Waals surface area (Å²) in [6.45, 7) is 6.14. The zero-order valence-corrected chi connectivity index (χ0v) is 16.7. The zero-order chi connectivity index (χ0) is 21.3. The minimum atomic E-state index is -0.538. The quantitative estimate of drug-likeness (QED) is 0.776. The van der Waals surface area contributed by atoms with Crippen LogP contribution < -0.4 is 5.73 Å². The molecule has 3 rings (SSSR count). The number of allylic oxidation sites excluding steroid dienone is 2. The van der Waals surface area contributed by atoms with Gasteiger partial charge in [-0.05, 0) is 61.7 Å². The first-order valence-electron chi connectivity index (χ1n) is 9.34. The fourth-order valence-corrected chi connectivity index (χ4v) is 3.35. The highest BCUT2D eigenvalue weighted by Crippen LogP contribution is 2.30. The Hall–Kier alpha value is -3.46. The minimum Gasteiger partial charge on any atom is -0.402 e. The monoisotopic (exact) mass is 390 g/mol. The normalized spacial score (nSPS) is 14.7. The van der Waals surface area contributed by atoms with Gasteiger partial charge in [-0.1, -0.05) is 12.1 Å². The van der Waals surface area contributed by atoms with E-state index >= 15 is 0 Å². The predicted molar refractivity (Wildman–Crippen MR) is 110 cm³/mol. The van der Waals surface area contributed by atoms with Crippen molar-refractivity contribution in [2.45, 2.75) is 26.7 Å². The number of likely N-dealkylation sites (tertiary alicyclic amines) is 1. The number of nitriles is 1. The number of aryl methyl sites for hydroxylation is 1. The highest BCUT2D eigenvalue weighted by Gasteiger charge is 2.33. The lowest BCUT2D eigenvalue weighted by molar-refractivity contribution is 0.0601. The van der Waals surface area contributed by atoms with Gasteiger partial charge in [-0.25, -0.2) is 4.39 Å². The Bertz CT molecular complexity index is 1050. The Morgan fingerprint density at radius 1 is 1.21 bits per heavy atom. The average molecular weight is 390 g/mol. The fourth-order valence-electron chi connectivity index (χ4n) is 3.35. The van der Waals surface area contributed by atoms with E-state index in [-0.39, 0.29) is 23.1 Å². The summed E-state index contributed by atoms with van der Waals surface area (Å²) in [5, 5.41) is 17.1. The molecule has 29 heavy (non-hydrogen) atoms. The van der Waals surface area contributed by atoms with Crippen molar-refractivity contribution in [3.63, 3.8) is 0 Å². The van der Waals surface area contributed by atoms with Crippen LogP contribution in [0.3, 0.4) is 0 Å². The second kappa shape index (κ2) is 7.88. The van der Waals surface area contributed by atoms with Crippen LogP contribution >= 0.6 is 0 Å². The third kappa shape index (κ3) is 3.90. The summed E-state index contributed by atoms with van der Waals surface area (Å²) in [5.41, 5.74) is 9.35. The van der Waals surface area contributed by atoms with Crippen LogP contribution in [-0.2, 0) is 0 Å². The molecule has 1 heterocycles. The molecule has 0 bridgehead atoms. The standard InChI is InChI=1S/C23H23FN4O/c1-13-8-21(24)20(22(27)14(2)15(3)26)9-19(13)23(29)28-11-18(12-28)17-6-4-16(10-25)5-7-17/h4-9,18,27H,11-12,26H2,1-3H3. The van der Waals surface area contributed by atoms with Gasteiger partial charge in [-0.2, -0.15) is 5.26 Å². The lowest BCUT2D eigenvalue weighted by Crippen LogP contribution is -2.48. The number of carbonyl (C=O) groups excluding carboxylic acids is 1. The molecule has 1 aliphatic rings. The van der Waals surface area contributed by atoms with Gasteiger partial charge in [0, 0.05) is 35.8 Å². The van der Waals surface area contributed by atoms with Gasteiger partial charge in [0.2, 0.25) is 0 Å². The molecule has 1 saturated heterocycles. The number of carbonyl (C=O) groups is 1. The lowest BCUT2D eigenvalue weighted by atomic mass is 9.89. The molecule has 0 spiro atoms. The van der Waals surface area contributed by atoms with E-state index in [2.05, 4.69) is 6.07 Å². The number of amides is 1. The van der Waals surface area contributed by atoms with Crippen molar-refractivity contribution in [1.29, 1.82) is 10.7 Å². The van der Waals surface area contributed by atoms with Crippen LogP contribution in [0.5, 0.6) is 0 Å². The minimum absolute atomic E-state index is 0.0179. The van der Waals surface area contributed by atoms with Crippen molar-refractivity contribution in [3.05, 3.63) is 81.3 Å². The molecule has 2 aromatic carbocycles. The van der Waals surface area contributed by atoms with Gasteiger partial charge in [0.25, 0.3) is 5.91 Å². The first kappa shape index (κ1) is 20.3. The van der Waals surface area contributed by atoms with E-state index in [0.29, 0.717) is 41.1 Å². The Kier molecular flexibility index (Phi) is 5.51. The molecular formula is C23H23FN4O. The van der Waals surface area contributed by atoms with Gasteiger partial charge < -0.3 is 10.6 Å². The molecule has 0 unspecified atom stereocenters. The summed E-state index contributed by atoms with van der Waals surface area (Å²) in [7, 11) is 0. The smallest absolute Gasteiger partial charge is 0.254 e. The second-order valence-electron chi connectivity index (χ2n) is 7.47. The molecule has 0 aromatic heterocycles. The highest BCUT2D eigenvalue weighted by molar-refractivity contribution is 6.12. The summed E-state index contributed by atoms with van der Waals surface area (Å²) in [5.74, 6) is -0.494. The molecule has 0 atom stereocenters. The van der Waals surface area contributed by atoms with E-state index in [1.807, 2.05) is 12.1 Å². The van der Waals surface area contributed by atoms with Crippen molar-refractivity contribution in [3.8, 4) is 6.07 Å². The fraction of sp³-hybridized carbons (Fsp3) is 0.261. The van der Waals surface area contributed by atoms with E-state index in [4.69, 9.17) is 16.4 Å². The number of rotatable bonds is 4. The van der Waals surface area contributed by atoms with Gasteiger partial charge in [-0.3, -0.25) is 10.2 Å². The van der Waals surface area contributed by atoms with Crippen LogP contribution in [0.15, 0.2) is 47.7 Å². The van der Waals surface area contributed by atoms with Crippen molar-refractivity contribution in [2.24, 2.45) is 5.73 Å². The van der Waals surface area contributed by atoms with Crippen LogP contribution in [0.25, 0.3) is 0 Å². The first-order valence-corrected chi connectivity index (χ1v) is 9.34. The van der Waals surface area contributed by atoms with Crippen LogP contribution in [0.2, 0.25) is 0 Å². The number of nitrogens with zero attached hydrogens (tertiary/aromatic N) is 2. The Morgan fingerprint density at radius 2 is 1.83 bits per heavy atom. The largest absolute Gasteiger partial charge is 0.402 e. The van der Waals surface area contributed by atoms with Crippen LogP contribution in [0, 0.1) is 29.5 Å². The molecule has 1 amide bonds. The maximum Gasteiger partial charge on any atom is 0.254 e. The van der Waals surface area contributed by atoms with Crippen LogP contribution in [0.4, 0.5) is 4.39 Å². The number of nitrogens with two attached hydrogens (primary N) is 1. The molecule has 1 aliphatic heterocycles. The number of benzene rings is 2. The van der Waals surface area contributed by atoms with Gasteiger partial charge >= 0.3 is 0 Å². The number of nitrogens with one attached hydrogen (secondary N) is 1. The van der Waals surface area contributed by atoms with Gasteiger partial charge in [0.1, 0.15) is 5.82 Å². The molecule has 5 nitrogen and oxygen atoms in total. The SMILES string of the molecule is CC(N)=C(C)C(=N)c1cc(C(=O)N2CC(c3ccc(C#N)cc3)C2)c(C)cc1F. The topological polar surface area (TPSA) is 94.0 Å². The summed E-state index contributed by atoms with van der Waals surface area (Å²) in [4.78, 5) is 14.7. The molecule has 148 valence electrons. The molecule has 2 aromatic rings. The third-order valence-corrected chi connectivity index (χ3v) is 5.46. The van der Waals surface area contributed by atoms with Crippen molar-refractivity contribution in [2.75, 3.05) is 13.1 Å². The maximum absolute atomic E-state index is 14.5. The molecule has 3 N–H and O–H groups in total. The van der Waals surface area contributed by atoms with Crippen molar-refractivity contribution < 1.29 is 9.18 Å². The van der Waals surface area contributed by atoms with Gasteiger partial charge in [0.05, 0.1) is 17.3 Å². The second-order valence-corrected chi connectivity index (χ2v) is 7.47. The number of hydrogen-bond donors (Lipinski definition) is 2. The number of hydrogen-bond acceptors (Lipinski definition) is 4. The molecule has 0 saturated carbocycles. The van der Waals surface area contributed by atoms with E-state index < -0.39 is 5.82 Å². The van der Waals surface area contributed by atoms with E-state index in [1.165, 1.54) is 12.1 Å². The Morgan fingerprint density at radius 3 is 2.38 bits per heavy atom. The summed E-state index contributed by atoms with van der Waals surface area (Å²) >= 11 is 0. The number of halogens is 1. The molecule has 1 fully saturated rings. The van der Waals surface area contributed by atoms with E-state index in [1.54, 1.807) is 37.8 Å². The van der Waals surface area contributed by atoms with Crippen molar-refractivity contribution in [1.82, 2.24) is 4.90 Å². The van der Waals surface area contributed by atoms with Crippen molar-refractivity contribution >= 4 is 11.6 Å². The average Bonchev–Trinajstić information content (AvgIpc) is 2.66. The van der Waals surface area contributed by atoms with E-state index in [0.717, 1.165) is 5.56 Å². The Labute approximate surface area is 169 Å². The van der Waals surface area contributed by atoms with Crippen LogP contribution in [-0.4, -0.2) is 29.6 Å². The zero-order valence-electron chi connectivity index (χ0n) is 16.7. The van der Waals surface area contributed by atoms with Gasteiger partial charge in [0.15, 0.2) is 0 Å². The first-order chi connectivity index (χ1) is 13.7. The molecule has 0 radical (unpaired) electrons. The molecule has 0 aliphatic carbocycles. The van der Waals surface area contributed by atoms with Crippen LogP contribution in [0.1, 0.15) is 52.4 Å². The van der Waals surface area contributed by atoms with Gasteiger partial charge in [-0.15, -0.1) is 0 Å². The third-order valence-electron chi connectivity index (χ3n) is 5.46. The summed E-state index contributed by atoms with van der Waals surface area (Å²) in [6, 6.07) is 12.2. The predicted octanol–water partition coefficient (Wildman–Crippen LogP) is 3.87. The molecule has 6 heteroatoms. The Balaban J connectivity index is 1.80. The maximum atomic E-state index is 14.5. The lowest BCUT2D eigenvalue weighted by Gasteiger charge is -2.40. The van der Waals surface area contributed by atoms with E-state index in [9.17, 15) is 9.18 Å². The highest BCUT2D eigenvalue weighted by atomic mass is 19.1. The summed E-state index contributed by atoms with van der Waals surface area (Å²) < 4.78 is 14.5. The summed E-state index contributed by atoms with van der Waals surface area (Å²) in [6.07, 6.45) is 0.